The molecule has 0 atom stereocenters. The molecule has 0 radical (unpaired) electrons. The molecule has 0 amide bonds. The monoisotopic (exact) mass is 211 g/mol. The standard InChI is InChI=1S/C11H21N3O/c1-8(2)11(4,5)7-12-6-10-9(3)13-15-14-10/h8,12H,6-7H2,1-5H3. The zero-order valence-electron chi connectivity index (χ0n) is 10.3. The Balaban J connectivity index is 2.37. The van der Waals surface area contributed by atoms with Crippen LogP contribution in [0.1, 0.15) is 39.1 Å². The molecule has 0 aliphatic carbocycles. The molecule has 1 aromatic rings. The Hall–Kier alpha value is -0.900. The molecule has 1 heterocycles. The number of aryl methyl sites for hydroxylation is 1. The van der Waals surface area contributed by atoms with Crippen LogP contribution in [0.15, 0.2) is 4.63 Å². The van der Waals surface area contributed by atoms with Gasteiger partial charge in [0.25, 0.3) is 0 Å². The summed E-state index contributed by atoms with van der Waals surface area (Å²) >= 11 is 0. The maximum Gasteiger partial charge on any atom is 0.121 e. The van der Waals surface area contributed by atoms with Gasteiger partial charge in [-0.15, -0.1) is 0 Å². The molecular weight excluding hydrogens is 190 g/mol. The summed E-state index contributed by atoms with van der Waals surface area (Å²) in [5, 5.41) is 11.0. The topological polar surface area (TPSA) is 51.0 Å². The largest absolute Gasteiger partial charge is 0.310 e. The van der Waals surface area contributed by atoms with Gasteiger partial charge >= 0.3 is 0 Å². The van der Waals surface area contributed by atoms with Gasteiger partial charge in [0.1, 0.15) is 11.4 Å². The van der Waals surface area contributed by atoms with Gasteiger partial charge in [-0.3, -0.25) is 0 Å². The van der Waals surface area contributed by atoms with E-state index in [0.29, 0.717) is 11.3 Å². The third-order valence-electron chi connectivity index (χ3n) is 3.18. The Morgan fingerprint density at radius 1 is 1.33 bits per heavy atom. The number of hydrogen-bond acceptors (Lipinski definition) is 4. The number of aromatic nitrogens is 2. The molecule has 0 bridgehead atoms. The molecule has 0 aliphatic heterocycles. The fourth-order valence-electron chi connectivity index (χ4n) is 1.12. The zero-order valence-corrected chi connectivity index (χ0v) is 10.3. The molecule has 0 saturated carbocycles. The molecule has 0 fully saturated rings. The van der Waals surface area contributed by atoms with Crippen LogP contribution in [0.5, 0.6) is 0 Å². The minimum atomic E-state index is 0.297. The lowest BCUT2D eigenvalue weighted by atomic mass is 9.81. The van der Waals surface area contributed by atoms with Crippen LogP contribution in [0, 0.1) is 18.3 Å². The molecule has 15 heavy (non-hydrogen) atoms. The van der Waals surface area contributed by atoms with E-state index < -0.39 is 0 Å². The van der Waals surface area contributed by atoms with Crippen LogP contribution in [0.4, 0.5) is 0 Å². The van der Waals surface area contributed by atoms with E-state index in [1.165, 1.54) is 0 Å². The Kier molecular flexibility index (Phi) is 3.85. The molecular formula is C11H21N3O. The van der Waals surface area contributed by atoms with E-state index in [-0.39, 0.29) is 0 Å². The van der Waals surface area contributed by atoms with Crippen molar-refractivity contribution in [3.05, 3.63) is 11.4 Å². The summed E-state index contributed by atoms with van der Waals surface area (Å²) in [6.07, 6.45) is 0. The third-order valence-corrected chi connectivity index (χ3v) is 3.18. The Morgan fingerprint density at radius 3 is 2.47 bits per heavy atom. The summed E-state index contributed by atoms with van der Waals surface area (Å²) < 4.78 is 4.64. The second-order valence-corrected chi connectivity index (χ2v) is 5.04. The van der Waals surface area contributed by atoms with E-state index in [1.807, 2.05) is 6.92 Å². The van der Waals surface area contributed by atoms with Gasteiger partial charge in [0.2, 0.25) is 0 Å². The molecule has 0 spiro atoms. The second-order valence-electron chi connectivity index (χ2n) is 5.04. The highest BCUT2D eigenvalue weighted by Crippen LogP contribution is 2.24. The van der Waals surface area contributed by atoms with Crippen molar-refractivity contribution in [1.82, 2.24) is 15.6 Å². The summed E-state index contributed by atoms with van der Waals surface area (Å²) in [6.45, 7) is 12.6. The van der Waals surface area contributed by atoms with E-state index in [1.54, 1.807) is 0 Å². The lowest BCUT2D eigenvalue weighted by Crippen LogP contribution is -2.33. The number of rotatable bonds is 5. The first-order valence-corrected chi connectivity index (χ1v) is 5.42. The van der Waals surface area contributed by atoms with Gasteiger partial charge in [0, 0.05) is 13.1 Å². The molecule has 1 rings (SSSR count). The zero-order chi connectivity index (χ0) is 11.5. The van der Waals surface area contributed by atoms with Crippen molar-refractivity contribution in [3.63, 3.8) is 0 Å². The normalized spacial score (nSPS) is 12.4. The van der Waals surface area contributed by atoms with Crippen molar-refractivity contribution >= 4 is 0 Å². The predicted octanol–water partition coefficient (Wildman–Crippen LogP) is 2.15. The molecule has 0 unspecified atom stereocenters. The van der Waals surface area contributed by atoms with Gasteiger partial charge in [-0.05, 0) is 18.3 Å². The quantitative estimate of drug-likeness (QED) is 0.810. The van der Waals surface area contributed by atoms with Gasteiger partial charge in [0.05, 0.1) is 0 Å². The fourth-order valence-corrected chi connectivity index (χ4v) is 1.12. The Bertz CT molecular complexity index is 305. The van der Waals surface area contributed by atoms with Crippen LogP contribution in [-0.4, -0.2) is 16.9 Å². The van der Waals surface area contributed by atoms with Crippen molar-refractivity contribution in [2.75, 3.05) is 6.54 Å². The number of nitrogens with one attached hydrogen (secondary N) is 1. The smallest absolute Gasteiger partial charge is 0.121 e. The first-order valence-electron chi connectivity index (χ1n) is 5.42. The van der Waals surface area contributed by atoms with Gasteiger partial charge in [-0.25, -0.2) is 4.63 Å². The van der Waals surface area contributed by atoms with Crippen LogP contribution in [0.25, 0.3) is 0 Å². The molecule has 86 valence electrons. The van der Waals surface area contributed by atoms with E-state index in [9.17, 15) is 0 Å². The van der Waals surface area contributed by atoms with Crippen molar-refractivity contribution in [2.45, 2.75) is 41.2 Å². The highest BCUT2D eigenvalue weighted by molar-refractivity contribution is 5.03. The average molecular weight is 211 g/mol. The summed E-state index contributed by atoms with van der Waals surface area (Å²) in [5.41, 5.74) is 2.06. The fraction of sp³-hybridized carbons (Fsp3) is 0.818. The van der Waals surface area contributed by atoms with Crippen molar-refractivity contribution in [3.8, 4) is 0 Å². The maximum absolute atomic E-state index is 4.64. The van der Waals surface area contributed by atoms with E-state index >= 15 is 0 Å². The number of nitrogens with zero attached hydrogens (tertiary/aromatic N) is 2. The van der Waals surface area contributed by atoms with E-state index in [2.05, 4.69) is 48.0 Å². The third kappa shape index (κ3) is 3.30. The van der Waals surface area contributed by atoms with Crippen molar-refractivity contribution in [2.24, 2.45) is 11.3 Å². The van der Waals surface area contributed by atoms with Crippen LogP contribution in [-0.2, 0) is 6.54 Å². The first-order chi connectivity index (χ1) is 6.93. The highest BCUT2D eigenvalue weighted by Gasteiger charge is 2.21. The minimum Gasteiger partial charge on any atom is -0.310 e. The summed E-state index contributed by atoms with van der Waals surface area (Å²) in [7, 11) is 0. The lowest BCUT2D eigenvalue weighted by molar-refractivity contribution is 0.236. The molecule has 0 aliphatic rings. The molecule has 1 N–H and O–H groups in total. The molecule has 1 aromatic heterocycles. The van der Waals surface area contributed by atoms with Gasteiger partial charge in [0.15, 0.2) is 0 Å². The second kappa shape index (κ2) is 4.75. The Morgan fingerprint density at radius 2 is 2.00 bits per heavy atom. The maximum atomic E-state index is 4.64. The predicted molar refractivity (Wildman–Crippen MR) is 59.4 cm³/mol. The van der Waals surface area contributed by atoms with Gasteiger partial charge < -0.3 is 5.32 Å². The molecule has 4 nitrogen and oxygen atoms in total. The minimum absolute atomic E-state index is 0.297. The van der Waals surface area contributed by atoms with Crippen LogP contribution < -0.4 is 5.32 Å². The van der Waals surface area contributed by atoms with Gasteiger partial charge in [-0.1, -0.05) is 38.0 Å². The summed E-state index contributed by atoms with van der Waals surface area (Å²) in [4.78, 5) is 0. The highest BCUT2D eigenvalue weighted by atomic mass is 16.6. The summed E-state index contributed by atoms with van der Waals surface area (Å²) in [6, 6.07) is 0. The molecule has 0 saturated heterocycles. The van der Waals surface area contributed by atoms with Crippen molar-refractivity contribution in [1.29, 1.82) is 0 Å². The van der Waals surface area contributed by atoms with Crippen LogP contribution in [0.2, 0.25) is 0 Å². The van der Waals surface area contributed by atoms with E-state index in [0.717, 1.165) is 24.5 Å². The SMILES string of the molecule is Cc1nonc1CNCC(C)(C)C(C)C. The average Bonchev–Trinajstić information content (AvgIpc) is 2.51. The Labute approximate surface area is 91.4 Å². The van der Waals surface area contributed by atoms with Crippen LogP contribution in [0.3, 0.4) is 0 Å². The number of hydrogen-bond donors (Lipinski definition) is 1. The van der Waals surface area contributed by atoms with E-state index in [4.69, 9.17) is 0 Å². The van der Waals surface area contributed by atoms with Gasteiger partial charge in [-0.2, -0.15) is 0 Å². The van der Waals surface area contributed by atoms with Crippen molar-refractivity contribution < 1.29 is 4.63 Å². The molecule has 0 aromatic carbocycles. The molecule has 4 heteroatoms. The summed E-state index contributed by atoms with van der Waals surface area (Å²) in [5.74, 6) is 0.654. The first kappa shape index (κ1) is 12.2. The van der Waals surface area contributed by atoms with Crippen LogP contribution >= 0.6 is 0 Å². The lowest BCUT2D eigenvalue weighted by Gasteiger charge is -2.29.